The van der Waals surface area contributed by atoms with Crippen molar-refractivity contribution in [2.45, 2.75) is 84.2 Å². The molecule has 0 bridgehead atoms. The average Bonchev–Trinajstić information content (AvgIpc) is 3.71. The molecule has 1 aliphatic heterocycles. The molecule has 0 unspecified atom stereocenters. The van der Waals surface area contributed by atoms with Crippen molar-refractivity contribution in [2.24, 2.45) is 11.8 Å². The van der Waals surface area contributed by atoms with E-state index in [0.29, 0.717) is 38.5 Å². The van der Waals surface area contributed by atoms with Crippen molar-refractivity contribution in [1.82, 2.24) is 41.5 Å². The topological polar surface area (TPSA) is 213 Å². The third-order valence-corrected chi connectivity index (χ3v) is 9.31. The number of carbonyl (C=O) groups is 6. The normalized spacial score (nSPS) is 15.1. The zero-order chi connectivity index (χ0) is 41.2. The first-order valence-corrected chi connectivity index (χ1v) is 19.4. The van der Waals surface area contributed by atoms with Gasteiger partial charge in [-0.3, -0.25) is 34.2 Å². The van der Waals surface area contributed by atoms with Gasteiger partial charge in [-0.1, -0.05) is 88.4 Å². The lowest BCUT2D eigenvalue weighted by atomic mass is 9.99. The predicted molar refractivity (Wildman–Crippen MR) is 211 cm³/mol. The third-order valence-electron chi connectivity index (χ3n) is 9.31. The minimum Gasteiger partial charge on any atom is -0.445 e. The van der Waals surface area contributed by atoms with Crippen molar-refractivity contribution in [3.05, 3.63) is 90.0 Å². The summed E-state index contributed by atoms with van der Waals surface area (Å²) >= 11 is 0. The number of nitrogens with zero attached hydrogens (tertiary/aromatic N) is 2. The maximum absolute atomic E-state index is 14.1. The summed E-state index contributed by atoms with van der Waals surface area (Å²) in [6, 6.07) is 13.6. The van der Waals surface area contributed by atoms with Crippen molar-refractivity contribution >= 4 is 35.6 Å². The Morgan fingerprint density at radius 2 is 1.35 bits per heavy atom. The lowest BCUT2D eigenvalue weighted by Crippen LogP contribution is -2.60. The van der Waals surface area contributed by atoms with Gasteiger partial charge in [-0.25, -0.2) is 9.78 Å². The van der Waals surface area contributed by atoms with Gasteiger partial charge in [0.25, 0.3) is 0 Å². The number of aromatic amines is 1. The number of aromatic nitrogens is 2. The summed E-state index contributed by atoms with van der Waals surface area (Å²) in [6.07, 6.45) is 2.56. The van der Waals surface area contributed by atoms with Crippen molar-refractivity contribution in [2.75, 3.05) is 32.8 Å². The van der Waals surface area contributed by atoms with Crippen molar-refractivity contribution < 1.29 is 38.2 Å². The first-order chi connectivity index (χ1) is 27.4. The van der Waals surface area contributed by atoms with Crippen LogP contribution in [0.25, 0.3) is 0 Å². The van der Waals surface area contributed by atoms with Crippen LogP contribution in [0.2, 0.25) is 0 Å². The first-order valence-electron chi connectivity index (χ1n) is 19.4. The molecule has 0 spiro atoms. The van der Waals surface area contributed by atoms with E-state index >= 15 is 0 Å². The van der Waals surface area contributed by atoms with Crippen LogP contribution in [-0.2, 0) is 52.9 Å². The molecule has 4 atom stereocenters. The second-order valence-electron chi connectivity index (χ2n) is 14.8. The standard InChI is InChI=1S/C41H56N8O8/c1-27(2)21-32(39(53)48-36(28(3)4)40(54)47-35(50)15-16-49-17-19-56-20-18-49)44-38(52)34(23-31-24-42-26-43-31)45-37(51)33(22-29-11-7-5-8-12-29)46-41(55)57-25-30-13-9-6-10-14-30/h5-14,24,26-28,32-34,36H,15-23,25H2,1-4H3,(H,42,43)(H,44,52)(H,45,51)(H,46,55)(H,48,53)(H,47,50,54)/t32-,33-,34-,36-/m0/s1. The van der Waals surface area contributed by atoms with Gasteiger partial charge in [-0.15, -0.1) is 0 Å². The molecule has 4 rings (SSSR count). The molecule has 6 amide bonds. The van der Waals surface area contributed by atoms with Gasteiger partial charge in [0, 0.05) is 45.1 Å². The largest absolute Gasteiger partial charge is 0.445 e. The smallest absolute Gasteiger partial charge is 0.408 e. The van der Waals surface area contributed by atoms with Crippen LogP contribution in [0, 0.1) is 11.8 Å². The second kappa shape index (κ2) is 22.8. The number of imide groups is 1. The van der Waals surface area contributed by atoms with E-state index in [2.05, 4.69) is 41.5 Å². The summed E-state index contributed by atoms with van der Waals surface area (Å²) in [7, 11) is 0. The maximum Gasteiger partial charge on any atom is 0.408 e. The summed E-state index contributed by atoms with van der Waals surface area (Å²) in [5, 5.41) is 13.4. The van der Waals surface area contributed by atoms with Gasteiger partial charge in [0.1, 0.15) is 30.8 Å². The summed E-state index contributed by atoms with van der Waals surface area (Å²) < 4.78 is 10.7. The molecule has 1 aliphatic rings. The molecule has 16 heteroatoms. The quantitative estimate of drug-likeness (QED) is 0.0981. The molecule has 1 aromatic heterocycles. The van der Waals surface area contributed by atoms with E-state index < -0.39 is 65.7 Å². The number of benzene rings is 2. The minimum atomic E-state index is -1.23. The number of alkyl carbamates (subject to hydrolysis) is 1. The second-order valence-corrected chi connectivity index (χ2v) is 14.8. The van der Waals surface area contributed by atoms with Crippen molar-refractivity contribution in [3.8, 4) is 0 Å². The Labute approximate surface area is 333 Å². The Kier molecular flexibility index (Phi) is 17.7. The van der Waals surface area contributed by atoms with Gasteiger partial charge in [-0.05, 0) is 29.4 Å². The first kappa shape index (κ1) is 44.1. The molecule has 1 fully saturated rings. The SMILES string of the molecule is CC(C)C[C@H](NC(=O)[C@H](Cc1c[nH]cn1)NC(=O)[C@H](Cc1ccccc1)NC(=O)OCc1ccccc1)C(=O)N[C@H](C(=O)NC(=O)CCN1CCOCC1)C(C)C. The van der Waals surface area contributed by atoms with Crippen LogP contribution in [0.15, 0.2) is 73.2 Å². The predicted octanol–water partition coefficient (Wildman–Crippen LogP) is 2.01. The maximum atomic E-state index is 14.1. The molecule has 1 saturated heterocycles. The molecule has 57 heavy (non-hydrogen) atoms. The molecule has 16 nitrogen and oxygen atoms in total. The Morgan fingerprint density at radius 3 is 1.95 bits per heavy atom. The monoisotopic (exact) mass is 788 g/mol. The molecule has 2 aromatic carbocycles. The minimum absolute atomic E-state index is 0.0135. The molecule has 2 heterocycles. The molecule has 3 aromatic rings. The van der Waals surface area contributed by atoms with Crippen LogP contribution in [0.3, 0.4) is 0 Å². The Balaban J connectivity index is 1.46. The van der Waals surface area contributed by atoms with Gasteiger partial charge in [-0.2, -0.15) is 0 Å². The van der Waals surface area contributed by atoms with Crippen LogP contribution in [0.1, 0.15) is 57.4 Å². The highest BCUT2D eigenvalue weighted by atomic mass is 16.5. The molecule has 0 aliphatic carbocycles. The molecule has 0 saturated carbocycles. The van der Waals surface area contributed by atoms with E-state index in [-0.39, 0.29) is 38.2 Å². The van der Waals surface area contributed by atoms with Gasteiger partial charge < -0.3 is 35.7 Å². The van der Waals surface area contributed by atoms with Crippen LogP contribution in [-0.4, -0.2) is 108 Å². The zero-order valence-electron chi connectivity index (χ0n) is 33.1. The average molecular weight is 789 g/mol. The number of imidazole rings is 1. The molecule has 308 valence electrons. The highest BCUT2D eigenvalue weighted by Gasteiger charge is 2.33. The molecule has 0 radical (unpaired) electrons. The molecular weight excluding hydrogens is 732 g/mol. The van der Waals surface area contributed by atoms with E-state index in [1.165, 1.54) is 6.33 Å². The summed E-state index contributed by atoms with van der Waals surface area (Å²) in [5.41, 5.74) is 1.98. The van der Waals surface area contributed by atoms with E-state index in [4.69, 9.17) is 9.47 Å². The van der Waals surface area contributed by atoms with E-state index in [1.807, 2.05) is 62.4 Å². The Morgan fingerprint density at radius 1 is 0.754 bits per heavy atom. The highest BCUT2D eigenvalue weighted by molar-refractivity contribution is 6.00. The lowest BCUT2D eigenvalue weighted by Gasteiger charge is -2.28. The Hall–Kier alpha value is -5.61. The van der Waals surface area contributed by atoms with Crippen molar-refractivity contribution in [3.63, 3.8) is 0 Å². The third kappa shape index (κ3) is 15.5. The van der Waals surface area contributed by atoms with Crippen molar-refractivity contribution in [1.29, 1.82) is 0 Å². The van der Waals surface area contributed by atoms with Crippen LogP contribution in [0.5, 0.6) is 0 Å². The number of nitrogens with one attached hydrogen (secondary N) is 6. The van der Waals surface area contributed by atoms with E-state index in [0.717, 1.165) is 11.1 Å². The number of hydrogen-bond donors (Lipinski definition) is 6. The number of ether oxygens (including phenoxy) is 2. The number of carbonyl (C=O) groups excluding carboxylic acids is 6. The summed E-state index contributed by atoms with van der Waals surface area (Å²) in [4.78, 5) is 90.0. The fourth-order valence-electron chi connectivity index (χ4n) is 6.19. The number of rotatable bonds is 20. The van der Waals surface area contributed by atoms with Crippen LogP contribution >= 0.6 is 0 Å². The Bertz CT molecular complexity index is 1730. The summed E-state index contributed by atoms with van der Waals surface area (Å²) in [6.45, 7) is 10.3. The van der Waals surface area contributed by atoms with Crippen LogP contribution in [0.4, 0.5) is 4.79 Å². The van der Waals surface area contributed by atoms with Gasteiger partial charge in [0.05, 0.1) is 25.2 Å². The van der Waals surface area contributed by atoms with E-state index in [1.54, 1.807) is 32.2 Å². The van der Waals surface area contributed by atoms with Crippen LogP contribution < -0.4 is 26.6 Å². The number of amides is 6. The van der Waals surface area contributed by atoms with E-state index in [9.17, 15) is 28.8 Å². The summed E-state index contributed by atoms with van der Waals surface area (Å²) in [5.74, 6) is -3.53. The fraction of sp³-hybridized carbons (Fsp3) is 0.488. The number of H-pyrrole nitrogens is 1. The lowest BCUT2D eigenvalue weighted by molar-refractivity contribution is -0.136. The fourth-order valence-corrected chi connectivity index (χ4v) is 6.19. The molecular formula is C41H56N8O8. The zero-order valence-corrected chi connectivity index (χ0v) is 33.1. The number of morpholine rings is 1. The van der Waals surface area contributed by atoms with Gasteiger partial charge in [0.15, 0.2) is 0 Å². The van der Waals surface area contributed by atoms with Gasteiger partial charge in [0.2, 0.25) is 29.5 Å². The highest BCUT2D eigenvalue weighted by Crippen LogP contribution is 2.11. The van der Waals surface area contributed by atoms with Gasteiger partial charge >= 0.3 is 6.09 Å². The number of hydrogen-bond acceptors (Lipinski definition) is 10. The molecule has 6 N–H and O–H groups in total.